The minimum Gasteiger partial charge on any atom is -0.466 e. The summed E-state index contributed by atoms with van der Waals surface area (Å²) in [4.78, 5) is 53.1. The van der Waals surface area contributed by atoms with Gasteiger partial charge in [-0.3, -0.25) is 33.2 Å². The Hall–Kier alpha value is -4.49. The van der Waals surface area contributed by atoms with Gasteiger partial charge in [-0.2, -0.15) is 15.3 Å². The molecule has 482 valence electrons. The third-order valence-electron chi connectivity index (χ3n) is 26.7. The van der Waals surface area contributed by atoms with Crippen molar-refractivity contribution in [1.29, 1.82) is 0 Å². The molecule has 0 aliphatic heterocycles. The van der Waals surface area contributed by atoms with Crippen LogP contribution in [0.15, 0.2) is 0 Å². The quantitative estimate of drug-likeness (QED) is 0.151. The highest BCUT2D eigenvalue weighted by Gasteiger charge is 2.60. The van der Waals surface area contributed by atoms with E-state index in [1.165, 1.54) is 220 Å². The number of hydrogen-bond acceptors (Lipinski definition) is 8. The maximum atomic E-state index is 13.5. The number of nitrogens with zero attached hydrogens (tertiary/aromatic N) is 6. The van der Waals surface area contributed by atoms with Gasteiger partial charge >= 0.3 is 5.97 Å². The monoisotopic (exact) mass is 1210 g/mol. The van der Waals surface area contributed by atoms with E-state index in [1.54, 1.807) is 0 Å². The topological polar surface area (TPSA) is 167 Å². The Bertz CT molecular complexity index is 3000. The molecule has 14 aliphatic rings. The van der Waals surface area contributed by atoms with E-state index in [2.05, 4.69) is 57.7 Å². The molecule has 88 heavy (non-hydrogen) atoms. The molecule has 0 aromatic carbocycles. The van der Waals surface area contributed by atoms with Gasteiger partial charge in [0.05, 0.1) is 30.7 Å². The average molecular weight is 1210 g/mol. The van der Waals surface area contributed by atoms with Crippen molar-refractivity contribution >= 4 is 23.7 Å². The SMILES string of the molecule is CC(NC(=O)c1nn(C2CCCCC2)c2c1CCCC2)C12CC3CC(CC(C3)C1)C2.CC12CCC(C1)C(C)(C)C2NC(=O)c1nn(C2CCCCC2)c2c1CCCC2.CCOC(=O)C1C2CCC(C2)C1NC(=O)c1nn(C2CCCCC2)c2c1CCCC2. The number of nitrogens with one attached hydrogen (secondary N) is 3. The van der Waals surface area contributed by atoms with Crippen LogP contribution in [0.4, 0.5) is 0 Å². The Kier molecular flexibility index (Phi) is 17.5. The standard InChI is InChI=1S/C26H39N3O.C24H35N3O3.C24H37N3O/c1-17(26-14-18-11-19(15-26)13-20(12-18)16-26)27-25(30)24-22-9-5-6-10-23(22)29(28-24)21-7-3-2-4-8-21;1-2-30-24(29)20-15-12-13-16(14-15)21(20)25-23(28)22-18-10-6-7-11-19(18)27(26-22)17-8-4-3-5-9-17;1-23(2)16-13-14-24(3,15-16)22(23)25-21(28)20-18-11-7-8-12-19(18)27(26-20)17-9-5-4-6-10-17/h17-21H,2-16H2,1H3,(H,27,30);15-17,20-21H,2-14H2,1H3,(H,25,28);16-17,22H,4-15H2,1-3H3,(H,25,28). The van der Waals surface area contributed by atoms with Crippen molar-refractivity contribution < 1.29 is 23.9 Å². The molecule has 0 spiro atoms. The lowest BCUT2D eigenvalue weighted by atomic mass is 9.48. The molecule has 14 nitrogen and oxygen atoms in total. The van der Waals surface area contributed by atoms with Gasteiger partial charge in [0.25, 0.3) is 17.7 Å². The maximum absolute atomic E-state index is 13.5. The molecule has 3 aromatic rings. The van der Waals surface area contributed by atoms with Gasteiger partial charge in [-0.05, 0) is 258 Å². The summed E-state index contributed by atoms with van der Waals surface area (Å²) in [5.74, 6) is 4.08. The Morgan fingerprint density at radius 2 is 0.943 bits per heavy atom. The fourth-order valence-electron chi connectivity index (χ4n) is 22.6. The van der Waals surface area contributed by atoms with Crippen molar-refractivity contribution in [1.82, 2.24) is 45.3 Å². The van der Waals surface area contributed by atoms with E-state index in [-0.39, 0.29) is 58.6 Å². The molecule has 3 N–H and O–H groups in total. The number of hydrogen-bond donors (Lipinski definition) is 3. The predicted molar refractivity (Wildman–Crippen MR) is 343 cm³/mol. The van der Waals surface area contributed by atoms with Gasteiger partial charge in [-0.25, -0.2) is 0 Å². The molecule has 8 unspecified atom stereocenters. The summed E-state index contributed by atoms with van der Waals surface area (Å²) in [7, 11) is 0. The zero-order chi connectivity index (χ0) is 60.5. The highest BCUT2D eigenvalue weighted by Crippen LogP contribution is 2.63. The molecular weight excluding hydrogens is 1090 g/mol. The Labute approximate surface area is 526 Å². The van der Waals surface area contributed by atoms with Gasteiger partial charge in [0.2, 0.25) is 0 Å². The van der Waals surface area contributed by atoms with Crippen molar-refractivity contribution in [2.45, 2.75) is 321 Å². The smallest absolute Gasteiger partial charge is 0.311 e. The fraction of sp³-hybridized carbons (Fsp3) is 0.824. The first-order chi connectivity index (χ1) is 42.7. The summed E-state index contributed by atoms with van der Waals surface area (Å²) in [6, 6.07) is 1.92. The van der Waals surface area contributed by atoms with E-state index in [1.807, 2.05) is 6.92 Å². The molecule has 11 fully saturated rings. The molecule has 3 aromatic heterocycles. The van der Waals surface area contributed by atoms with Gasteiger partial charge in [0.1, 0.15) is 0 Å². The highest BCUT2D eigenvalue weighted by atomic mass is 16.5. The van der Waals surface area contributed by atoms with Gasteiger partial charge in [-0.1, -0.05) is 78.6 Å². The van der Waals surface area contributed by atoms with E-state index < -0.39 is 0 Å². The molecule has 0 saturated heterocycles. The third-order valence-corrected chi connectivity index (χ3v) is 26.7. The number of amides is 3. The van der Waals surface area contributed by atoms with E-state index in [9.17, 15) is 19.2 Å². The minimum absolute atomic E-state index is 0.0745. The number of ether oxygens (including phenoxy) is 1. The third kappa shape index (κ3) is 11.5. The van der Waals surface area contributed by atoms with Crippen LogP contribution in [0.5, 0.6) is 0 Å². The van der Waals surface area contributed by atoms with Gasteiger partial charge in [-0.15, -0.1) is 0 Å². The lowest BCUT2D eigenvalue weighted by Gasteiger charge is -2.59. The molecule has 3 heterocycles. The second kappa shape index (κ2) is 25.2. The van der Waals surface area contributed by atoms with Gasteiger partial charge in [0.15, 0.2) is 17.1 Å². The number of rotatable bonds is 12. The van der Waals surface area contributed by atoms with Crippen molar-refractivity contribution in [3.05, 3.63) is 50.9 Å². The molecule has 17 rings (SSSR count). The molecule has 0 radical (unpaired) electrons. The van der Waals surface area contributed by atoms with Crippen molar-refractivity contribution in [2.24, 2.45) is 57.7 Å². The lowest BCUT2D eigenvalue weighted by Crippen LogP contribution is -2.55. The first-order valence-corrected chi connectivity index (χ1v) is 37.1. The van der Waals surface area contributed by atoms with Crippen LogP contribution in [-0.2, 0) is 48.1 Å². The van der Waals surface area contributed by atoms with Gasteiger partial charge in [0, 0.05) is 51.9 Å². The van der Waals surface area contributed by atoms with Crippen LogP contribution in [0.3, 0.4) is 0 Å². The highest BCUT2D eigenvalue weighted by molar-refractivity contribution is 5.96. The Morgan fingerprint density at radius 3 is 1.39 bits per heavy atom. The normalized spacial score (nSPS) is 33.9. The summed E-state index contributed by atoms with van der Waals surface area (Å²) in [6.07, 6.45) is 47.9. The summed E-state index contributed by atoms with van der Waals surface area (Å²) < 4.78 is 12.2. The zero-order valence-corrected chi connectivity index (χ0v) is 55.0. The fourth-order valence-corrected chi connectivity index (χ4v) is 22.6. The Balaban J connectivity index is 0.000000116. The average Bonchev–Trinajstić information content (AvgIpc) is 2.30. The molecule has 3 amide bonds. The van der Waals surface area contributed by atoms with Crippen molar-refractivity contribution in [3.8, 4) is 0 Å². The van der Waals surface area contributed by atoms with Crippen LogP contribution < -0.4 is 16.0 Å². The molecule has 11 saturated carbocycles. The first-order valence-electron chi connectivity index (χ1n) is 37.1. The van der Waals surface area contributed by atoms with Crippen LogP contribution in [0.25, 0.3) is 0 Å². The summed E-state index contributed by atoms with van der Waals surface area (Å²) >= 11 is 0. The molecule has 8 bridgehead atoms. The van der Waals surface area contributed by atoms with Crippen LogP contribution in [0.1, 0.15) is 330 Å². The Morgan fingerprint density at radius 1 is 0.511 bits per heavy atom. The van der Waals surface area contributed by atoms with Crippen LogP contribution in [0.2, 0.25) is 0 Å². The lowest BCUT2D eigenvalue weighted by molar-refractivity contribution is -0.150. The van der Waals surface area contributed by atoms with Crippen LogP contribution >= 0.6 is 0 Å². The first kappa shape index (κ1) is 61.0. The van der Waals surface area contributed by atoms with Crippen LogP contribution in [0, 0.1) is 57.7 Å². The summed E-state index contributed by atoms with van der Waals surface area (Å²) in [5.41, 5.74) is 10.7. The number of aromatic nitrogens is 6. The molecule has 14 aliphatic carbocycles. The van der Waals surface area contributed by atoms with Crippen molar-refractivity contribution in [3.63, 3.8) is 0 Å². The summed E-state index contributed by atoms with van der Waals surface area (Å²) in [5, 5.41) is 25.2. The summed E-state index contributed by atoms with van der Waals surface area (Å²) in [6.45, 7) is 11.7. The van der Waals surface area contributed by atoms with Crippen molar-refractivity contribution in [2.75, 3.05) is 6.61 Å². The number of esters is 1. The van der Waals surface area contributed by atoms with E-state index in [0.717, 1.165) is 99.3 Å². The second-order valence-corrected chi connectivity index (χ2v) is 32.6. The van der Waals surface area contributed by atoms with E-state index in [4.69, 9.17) is 20.0 Å². The molecule has 8 atom stereocenters. The number of carbonyl (C=O) groups excluding carboxylic acids is 4. The molecule has 14 heteroatoms. The predicted octanol–water partition coefficient (Wildman–Crippen LogP) is 14.8. The number of carbonyl (C=O) groups is 4. The van der Waals surface area contributed by atoms with E-state index >= 15 is 0 Å². The van der Waals surface area contributed by atoms with Gasteiger partial charge < -0.3 is 20.7 Å². The van der Waals surface area contributed by atoms with E-state index in [0.29, 0.717) is 47.7 Å². The largest absolute Gasteiger partial charge is 0.466 e. The zero-order valence-electron chi connectivity index (χ0n) is 55.0. The maximum Gasteiger partial charge on any atom is 0.311 e. The second-order valence-electron chi connectivity index (χ2n) is 32.6. The number of fused-ring (bicyclic) bond motifs is 7. The van der Waals surface area contributed by atoms with Crippen LogP contribution in [-0.4, -0.2) is 77.8 Å². The minimum atomic E-state index is -0.191. The molecular formula is C74H111N9O5.